The van der Waals surface area contributed by atoms with E-state index >= 15 is 0 Å². The molecule has 1 amide bonds. The molecule has 0 aliphatic carbocycles. The number of methoxy groups -OCH3 is 1. The van der Waals surface area contributed by atoms with Gasteiger partial charge in [-0.25, -0.2) is 4.98 Å². The fourth-order valence-corrected chi connectivity index (χ4v) is 3.70. The van der Waals surface area contributed by atoms with Gasteiger partial charge in [-0.2, -0.15) is 0 Å². The molecule has 0 bridgehead atoms. The number of carbonyl (C=O) groups excluding carboxylic acids is 1. The van der Waals surface area contributed by atoms with Gasteiger partial charge in [0.1, 0.15) is 11.4 Å². The van der Waals surface area contributed by atoms with Crippen LogP contribution in [0.5, 0.6) is 0 Å². The number of rotatable bonds is 6. The van der Waals surface area contributed by atoms with Crippen molar-refractivity contribution < 1.29 is 13.9 Å². The van der Waals surface area contributed by atoms with Gasteiger partial charge in [0.2, 0.25) is 0 Å². The van der Waals surface area contributed by atoms with Crippen LogP contribution in [0.4, 0.5) is 5.82 Å². The lowest BCUT2D eigenvalue weighted by molar-refractivity contribution is 0.0918. The monoisotopic (exact) mass is 394 g/mol. The molecule has 3 aromatic rings. The van der Waals surface area contributed by atoms with Crippen molar-refractivity contribution in [3.8, 4) is 0 Å². The molecule has 0 saturated carbocycles. The minimum atomic E-state index is -0.249. The predicted octanol–water partition coefficient (Wildman–Crippen LogP) is 2.66. The quantitative estimate of drug-likeness (QED) is 0.693. The zero-order chi connectivity index (χ0) is 20.2. The second-order valence-electron chi connectivity index (χ2n) is 7.30. The lowest BCUT2D eigenvalue weighted by Crippen LogP contribution is -2.45. The third-order valence-corrected chi connectivity index (χ3v) is 5.30. The van der Waals surface area contributed by atoms with E-state index in [1.165, 1.54) is 0 Å². The van der Waals surface area contributed by atoms with E-state index in [-0.39, 0.29) is 5.91 Å². The summed E-state index contributed by atoms with van der Waals surface area (Å²) < 4.78 is 11.1. The van der Waals surface area contributed by atoms with E-state index in [1.54, 1.807) is 13.3 Å². The summed E-state index contributed by atoms with van der Waals surface area (Å²) in [5.74, 6) is 0.988. The number of carbonyl (C=O) groups is 1. The second kappa shape index (κ2) is 8.63. The maximum atomic E-state index is 12.9. The summed E-state index contributed by atoms with van der Waals surface area (Å²) in [5.41, 5.74) is 2.45. The molecule has 0 spiro atoms. The van der Waals surface area contributed by atoms with Crippen LogP contribution in [0.15, 0.2) is 47.0 Å². The Morgan fingerprint density at radius 1 is 1.17 bits per heavy atom. The summed E-state index contributed by atoms with van der Waals surface area (Å²) in [5, 5.41) is 3.90. The molecule has 4 rings (SSSR count). The zero-order valence-electron chi connectivity index (χ0n) is 16.9. The van der Waals surface area contributed by atoms with Crippen LogP contribution in [0.25, 0.3) is 11.0 Å². The first kappa shape index (κ1) is 19.4. The average molecular weight is 394 g/mol. The van der Waals surface area contributed by atoms with Gasteiger partial charge in [0.25, 0.3) is 5.91 Å². The fraction of sp³-hybridized carbons (Fsp3) is 0.364. The van der Waals surface area contributed by atoms with Crippen LogP contribution in [0.2, 0.25) is 0 Å². The normalized spacial score (nSPS) is 15.0. The highest BCUT2D eigenvalue weighted by Crippen LogP contribution is 2.27. The maximum Gasteiger partial charge on any atom is 0.287 e. The van der Waals surface area contributed by atoms with Gasteiger partial charge in [0, 0.05) is 62.5 Å². The molecule has 1 aromatic carbocycles. The summed E-state index contributed by atoms with van der Waals surface area (Å²) in [7, 11) is 3.74. The van der Waals surface area contributed by atoms with Crippen LogP contribution in [-0.2, 0) is 17.9 Å². The minimum absolute atomic E-state index is 0.249. The summed E-state index contributed by atoms with van der Waals surface area (Å²) >= 11 is 0. The maximum absolute atomic E-state index is 12.9. The topological polar surface area (TPSA) is 70.8 Å². The minimum Gasteiger partial charge on any atom is -0.451 e. The lowest BCUT2D eigenvalue weighted by atomic mass is 10.1. The van der Waals surface area contributed by atoms with E-state index in [2.05, 4.69) is 27.1 Å². The van der Waals surface area contributed by atoms with Crippen molar-refractivity contribution in [3.63, 3.8) is 0 Å². The second-order valence-corrected chi connectivity index (χ2v) is 7.30. The molecule has 3 heterocycles. The molecule has 0 unspecified atom stereocenters. The molecule has 0 atom stereocenters. The molecule has 7 heteroatoms. The Bertz CT molecular complexity index is 993. The smallest absolute Gasteiger partial charge is 0.287 e. The summed E-state index contributed by atoms with van der Waals surface area (Å²) in [6.45, 7) is 4.56. The molecule has 1 N–H and O–H groups in total. The molecular formula is C22H26N4O3. The van der Waals surface area contributed by atoms with Gasteiger partial charge in [0.05, 0.1) is 6.61 Å². The van der Waals surface area contributed by atoms with Crippen LogP contribution in [0, 0.1) is 0 Å². The van der Waals surface area contributed by atoms with Crippen LogP contribution in [-0.4, -0.2) is 56.1 Å². The molecule has 29 heavy (non-hydrogen) atoms. The van der Waals surface area contributed by atoms with Crippen molar-refractivity contribution in [3.05, 3.63) is 59.5 Å². The summed E-state index contributed by atoms with van der Waals surface area (Å²) in [6, 6.07) is 11.5. The number of piperazine rings is 1. The average Bonchev–Trinajstić information content (AvgIpc) is 3.12. The van der Waals surface area contributed by atoms with Crippen LogP contribution < -0.4 is 10.2 Å². The van der Waals surface area contributed by atoms with Gasteiger partial charge < -0.3 is 24.3 Å². The number of para-hydroxylation sites is 1. The number of nitrogens with zero attached hydrogens (tertiary/aromatic N) is 3. The van der Waals surface area contributed by atoms with Crippen molar-refractivity contribution in [1.82, 2.24) is 15.2 Å². The zero-order valence-corrected chi connectivity index (χ0v) is 16.9. The highest BCUT2D eigenvalue weighted by molar-refractivity contribution is 5.99. The SMILES string of the molecule is COCc1c(C(=O)NCc2cccnc2N2CCN(C)CC2)oc2ccccc12. The van der Waals surface area contributed by atoms with Crippen LogP contribution in [0.3, 0.4) is 0 Å². The Morgan fingerprint density at radius 2 is 1.97 bits per heavy atom. The number of hydrogen-bond donors (Lipinski definition) is 1. The Morgan fingerprint density at radius 3 is 2.76 bits per heavy atom. The van der Waals surface area contributed by atoms with E-state index in [9.17, 15) is 4.79 Å². The molecule has 0 radical (unpaired) electrons. The largest absolute Gasteiger partial charge is 0.451 e. The number of anilines is 1. The molecule has 1 fully saturated rings. The van der Waals surface area contributed by atoms with E-state index < -0.39 is 0 Å². The fourth-order valence-electron chi connectivity index (χ4n) is 3.70. The van der Waals surface area contributed by atoms with Gasteiger partial charge >= 0.3 is 0 Å². The number of amides is 1. The first-order valence-corrected chi connectivity index (χ1v) is 9.82. The number of ether oxygens (including phenoxy) is 1. The number of nitrogens with one attached hydrogen (secondary N) is 1. The molecule has 152 valence electrons. The Labute approximate surface area is 170 Å². The number of benzene rings is 1. The molecule has 7 nitrogen and oxygen atoms in total. The third-order valence-electron chi connectivity index (χ3n) is 5.30. The number of furan rings is 1. The Hall–Kier alpha value is -2.90. The van der Waals surface area contributed by atoms with Crippen molar-refractivity contribution in [1.29, 1.82) is 0 Å². The highest BCUT2D eigenvalue weighted by Gasteiger charge is 2.22. The Kier molecular flexibility index (Phi) is 5.78. The summed E-state index contributed by atoms with van der Waals surface area (Å²) in [4.78, 5) is 22.1. The summed E-state index contributed by atoms with van der Waals surface area (Å²) in [6.07, 6.45) is 1.80. The van der Waals surface area contributed by atoms with Gasteiger partial charge in [-0.3, -0.25) is 4.79 Å². The predicted molar refractivity (Wildman–Crippen MR) is 112 cm³/mol. The van der Waals surface area contributed by atoms with E-state index in [4.69, 9.17) is 9.15 Å². The number of aromatic nitrogens is 1. The molecular weight excluding hydrogens is 368 g/mol. The molecule has 1 saturated heterocycles. The Balaban J connectivity index is 1.52. The number of likely N-dealkylation sites (N-methyl/N-ethyl adjacent to an activating group) is 1. The first-order valence-electron chi connectivity index (χ1n) is 9.82. The van der Waals surface area contributed by atoms with Crippen molar-refractivity contribution in [2.45, 2.75) is 13.2 Å². The van der Waals surface area contributed by atoms with Crippen molar-refractivity contribution >= 4 is 22.7 Å². The van der Waals surface area contributed by atoms with Gasteiger partial charge in [-0.1, -0.05) is 24.3 Å². The van der Waals surface area contributed by atoms with E-state index in [1.807, 2.05) is 36.4 Å². The van der Waals surface area contributed by atoms with Crippen molar-refractivity contribution in [2.75, 3.05) is 45.2 Å². The number of hydrogen-bond acceptors (Lipinski definition) is 6. The lowest BCUT2D eigenvalue weighted by Gasteiger charge is -2.34. The van der Waals surface area contributed by atoms with Crippen molar-refractivity contribution in [2.24, 2.45) is 0 Å². The van der Waals surface area contributed by atoms with Gasteiger partial charge in [0.15, 0.2) is 5.76 Å². The van der Waals surface area contributed by atoms with E-state index in [0.29, 0.717) is 24.5 Å². The van der Waals surface area contributed by atoms with Crippen LogP contribution in [0.1, 0.15) is 21.7 Å². The molecule has 1 aliphatic heterocycles. The van der Waals surface area contributed by atoms with Gasteiger partial charge in [-0.05, 0) is 19.2 Å². The van der Waals surface area contributed by atoms with Gasteiger partial charge in [-0.15, -0.1) is 0 Å². The molecule has 2 aromatic heterocycles. The molecule has 1 aliphatic rings. The first-order chi connectivity index (χ1) is 14.2. The number of pyridine rings is 1. The number of fused-ring (bicyclic) bond motifs is 1. The van der Waals surface area contributed by atoms with Crippen LogP contribution >= 0.6 is 0 Å². The standard InChI is InChI=1S/C22H26N4O3/c1-25-10-12-26(13-11-25)21-16(6-5-9-23-21)14-24-22(27)20-18(15-28-2)17-7-3-4-8-19(17)29-20/h3-9H,10-15H2,1-2H3,(H,24,27). The third kappa shape index (κ3) is 4.11. The van der Waals surface area contributed by atoms with E-state index in [0.717, 1.165) is 48.5 Å². The highest BCUT2D eigenvalue weighted by atomic mass is 16.5.